The van der Waals surface area contributed by atoms with E-state index in [0.717, 1.165) is 19.3 Å². The highest BCUT2D eigenvalue weighted by Crippen LogP contribution is 2.24. The van der Waals surface area contributed by atoms with E-state index in [9.17, 15) is 9.59 Å². The number of carbonyl (C=O) groups excluding carboxylic acids is 2. The maximum atomic E-state index is 12.2. The fourth-order valence-electron chi connectivity index (χ4n) is 2.13. The van der Waals surface area contributed by atoms with E-state index in [1.54, 1.807) is 4.90 Å². The van der Waals surface area contributed by atoms with Crippen molar-refractivity contribution in [3.63, 3.8) is 0 Å². The lowest BCUT2D eigenvalue weighted by Gasteiger charge is -2.29. The highest BCUT2D eigenvalue weighted by atomic mass is 16.6. The summed E-state index contributed by atoms with van der Waals surface area (Å²) in [4.78, 5) is 25.8. The van der Waals surface area contributed by atoms with Crippen molar-refractivity contribution in [2.45, 2.75) is 65.5 Å². The number of hydrogen-bond acceptors (Lipinski definition) is 3. The zero-order valence-electron chi connectivity index (χ0n) is 12.2. The Bertz CT molecular complexity index is 319. The molecule has 4 nitrogen and oxygen atoms in total. The minimum absolute atomic E-state index is 0.0121. The van der Waals surface area contributed by atoms with E-state index in [1.165, 1.54) is 0 Å². The maximum Gasteiger partial charge on any atom is 0.410 e. The summed E-state index contributed by atoms with van der Waals surface area (Å²) in [5, 5.41) is 0. The maximum absolute atomic E-state index is 12.2. The number of rotatable bonds is 3. The standard InChI is InChI=1S/C14H25NO3/c1-6-10(2)12(16)11-8-7-9-15(11)13(17)18-14(3,4)5/h10-11H,6-9H2,1-5H3. The molecule has 0 bridgehead atoms. The summed E-state index contributed by atoms with van der Waals surface area (Å²) in [5.74, 6) is 0.180. The van der Waals surface area contributed by atoms with Crippen LogP contribution in [0.3, 0.4) is 0 Å². The van der Waals surface area contributed by atoms with Crippen molar-refractivity contribution >= 4 is 11.9 Å². The number of Topliss-reactive ketones (excluding diaryl/α,β-unsaturated/α-hetero) is 1. The Morgan fingerprint density at radius 1 is 1.39 bits per heavy atom. The van der Waals surface area contributed by atoms with Gasteiger partial charge in [-0.2, -0.15) is 0 Å². The summed E-state index contributed by atoms with van der Waals surface area (Å²) >= 11 is 0. The van der Waals surface area contributed by atoms with Crippen molar-refractivity contribution in [2.24, 2.45) is 5.92 Å². The molecule has 1 saturated heterocycles. The summed E-state index contributed by atoms with van der Waals surface area (Å²) in [5.41, 5.74) is -0.510. The van der Waals surface area contributed by atoms with Gasteiger partial charge in [-0.25, -0.2) is 4.79 Å². The van der Waals surface area contributed by atoms with Gasteiger partial charge < -0.3 is 4.74 Å². The number of hydrogen-bond donors (Lipinski definition) is 0. The summed E-state index contributed by atoms with van der Waals surface area (Å²) < 4.78 is 5.35. The Labute approximate surface area is 110 Å². The van der Waals surface area contributed by atoms with Gasteiger partial charge in [-0.15, -0.1) is 0 Å². The predicted octanol–water partition coefficient (Wildman–Crippen LogP) is 3.00. The molecule has 0 spiro atoms. The third kappa shape index (κ3) is 3.72. The first-order chi connectivity index (χ1) is 8.26. The molecule has 2 atom stereocenters. The van der Waals surface area contributed by atoms with Crippen LogP contribution in [0.25, 0.3) is 0 Å². The fourth-order valence-corrected chi connectivity index (χ4v) is 2.13. The quantitative estimate of drug-likeness (QED) is 0.778. The second kappa shape index (κ2) is 5.72. The Morgan fingerprint density at radius 3 is 2.50 bits per heavy atom. The van der Waals surface area contributed by atoms with E-state index in [1.807, 2.05) is 34.6 Å². The van der Waals surface area contributed by atoms with Crippen LogP contribution in [0.1, 0.15) is 53.9 Å². The second-order valence-corrected chi connectivity index (χ2v) is 6.04. The van der Waals surface area contributed by atoms with Gasteiger partial charge >= 0.3 is 6.09 Å². The van der Waals surface area contributed by atoms with Gasteiger partial charge in [0.15, 0.2) is 5.78 Å². The molecule has 0 N–H and O–H groups in total. The molecule has 1 fully saturated rings. The molecule has 1 aliphatic heterocycles. The Kier molecular flexibility index (Phi) is 4.77. The number of likely N-dealkylation sites (tertiary alicyclic amines) is 1. The third-order valence-corrected chi connectivity index (χ3v) is 3.31. The van der Waals surface area contributed by atoms with Crippen LogP contribution in [0.4, 0.5) is 4.79 Å². The van der Waals surface area contributed by atoms with E-state index in [-0.39, 0.29) is 23.8 Å². The van der Waals surface area contributed by atoms with Crippen LogP contribution in [-0.2, 0) is 9.53 Å². The highest BCUT2D eigenvalue weighted by molar-refractivity contribution is 5.89. The number of amides is 1. The fraction of sp³-hybridized carbons (Fsp3) is 0.857. The average molecular weight is 255 g/mol. The molecule has 0 aromatic carbocycles. The van der Waals surface area contributed by atoms with E-state index in [0.29, 0.717) is 6.54 Å². The Hall–Kier alpha value is -1.06. The SMILES string of the molecule is CCC(C)C(=O)C1CCCN1C(=O)OC(C)(C)C. The van der Waals surface area contributed by atoms with Gasteiger partial charge in [0, 0.05) is 12.5 Å². The van der Waals surface area contributed by atoms with Crippen LogP contribution in [0.5, 0.6) is 0 Å². The lowest BCUT2D eigenvalue weighted by atomic mass is 9.96. The number of ketones is 1. The van der Waals surface area contributed by atoms with Crippen LogP contribution < -0.4 is 0 Å². The zero-order chi connectivity index (χ0) is 13.9. The lowest BCUT2D eigenvalue weighted by molar-refractivity contribution is -0.126. The number of nitrogens with zero attached hydrogens (tertiary/aromatic N) is 1. The zero-order valence-corrected chi connectivity index (χ0v) is 12.2. The average Bonchev–Trinajstić information content (AvgIpc) is 2.73. The molecule has 0 aromatic rings. The molecule has 104 valence electrons. The normalized spacial score (nSPS) is 21.8. The third-order valence-electron chi connectivity index (χ3n) is 3.31. The first kappa shape index (κ1) is 15.0. The van der Waals surface area contributed by atoms with Crippen LogP contribution in [0.2, 0.25) is 0 Å². The van der Waals surface area contributed by atoms with Crippen LogP contribution in [0.15, 0.2) is 0 Å². The molecule has 4 heteroatoms. The van der Waals surface area contributed by atoms with Gasteiger partial charge in [-0.3, -0.25) is 9.69 Å². The first-order valence-corrected chi connectivity index (χ1v) is 6.79. The topological polar surface area (TPSA) is 46.6 Å². The lowest BCUT2D eigenvalue weighted by Crippen LogP contribution is -2.44. The molecule has 1 heterocycles. The molecule has 0 saturated carbocycles. The molecule has 0 radical (unpaired) electrons. The minimum Gasteiger partial charge on any atom is -0.444 e. The monoisotopic (exact) mass is 255 g/mol. The molecule has 1 amide bonds. The van der Waals surface area contributed by atoms with Crippen molar-refractivity contribution in [1.82, 2.24) is 4.90 Å². The van der Waals surface area contributed by atoms with Crippen molar-refractivity contribution < 1.29 is 14.3 Å². The molecular weight excluding hydrogens is 230 g/mol. The van der Waals surface area contributed by atoms with Crippen LogP contribution in [0, 0.1) is 5.92 Å². The Morgan fingerprint density at radius 2 is 2.00 bits per heavy atom. The van der Waals surface area contributed by atoms with Crippen LogP contribution in [-0.4, -0.2) is 35.0 Å². The highest BCUT2D eigenvalue weighted by Gasteiger charge is 2.37. The molecular formula is C14H25NO3. The Balaban J connectivity index is 2.70. The molecule has 2 unspecified atom stereocenters. The second-order valence-electron chi connectivity index (χ2n) is 6.04. The first-order valence-electron chi connectivity index (χ1n) is 6.79. The summed E-state index contributed by atoms with van der Waals surface area (Å²) in [6.07, 6.45) is 2.10. The largest absolute Gasteiger partial charge is 0.444 e. The van der Waals surface area contributed by atoms with Crippen molar-refractivity contribution in [3.8, 4) is 0 Å². The van der Waals surface area contributed by atoms with E-state index in [2.05, 4.69) is 0 Å². The molecule has 18 heavy (non-hydrogen) atoms. The van der Waals surface area contributed by atoms with Gasteiger partial charge in [-0.05, 0) is 40.0 Å². The van der Waals surface area contributed by atoms with Gasteiger partial charge in [0.1, 0.15) is 5.60 Å². The summed E-state index contributed by atoms with van der Waals surface area (Å²) in [7, 11) is 0. The van der Waals surface area contributed by atoms with Crippen molar-refractivity contribution in [3.05, 3.63) is 0 Å². The van der Waals surface area contributed by atoms with Gasteiger partial charge in [0.2, 0.25) is 0 Å². The summed E-state index contributed by atoms with van der Waals surface area (Å²) in [6.45, 7) is 10.1. The summed E-state index contributed by atoms with van der Waals surface area (Å²) in [6, 6.07) is -0.283. The number of ether oxygens (including phenoxy) is 1. The van der Waals surface area contributed by atoms with Gasteiger partial charge in [-0.1, -0.05) is 13.8 Å². The molecule has 1 rings (SSSR count). The van der Waals surface area contributed by atoms with E-state index in [4.69, 9.17) is 4.74 Å². The van der Waals surface area contributed by atoms with E-state index < -0.39 is 5.60 Å². The number of carbonyl (C=O) groups is 2. The minimum atomic E-state index is -0.510. The molecule has 0 aromatic heterocycles. The molecule has 0 aliphatic carbocycles. The van der Waals surface area contributed by atoms with Crippen LogP contribution >= 0.6 is 0 Å². The van der Waals surface area contributed by atoms with Crippen molar-refractivity contribution in [2.75, 3.05) is 6.54 Å². The molecule has 1 aliphatic rings. The van der Waals surface area contributed by atoms with Gasteiger partial charge in [0.25, 0.3) is 0 Å². The smallest absolute Gasteiger partial charge is 0.410 e. The van der Waals surface area contributed by atoms with E-state index >= 15 is 0 Å². The van der Waals surface area contributed by atoms with Crippen molar-refractivity contribution in [1.29, 1.82) is 0 Å². The van der Waals surface area contributed by atoms with Gasteiger partial charge in [0.05, 0.1) is 6.04 Å². The predicted molar refractivity (Wildman–Crippen MR) is 70.4 cm³/mol.